The summed E-state index contributed by atoms with van der Waals surface area (Å²) in [7, 11) is 0. The first kappa shape index (κ1) is 15.3. The van der Waals surface area contributed by atoms with Gasteiger partial charge in [0.05, 0.1) is 0 Å². The smallest absolute Gasteiger partial charge is 0.254 e. The number of rotatable bonds is 6. The van der Waals surface area contributed by atoms with E-state index in [0.29, 0.717) is 16.6 Å². The molecular formula is C16H23ClN2O. The Morgan fingerprint density at radius 2 is 2.15 bits per heavy atom. The highest BCUT2D eigenvalue weighted by atomic mass is 35.5. The number of hydrogen-bond donors (Lipinski definition) is 0. The molecule has 0 N–H and O–H groups in total. The standard InChI is InChI=1S/C16H23ClN2O/c1-3-6-14-9-13(10-15(17)18-14)16(20)19(4-2)11-12-7-5-8-12/h9-10,12H,3-8,11H2,1-2H3. The van der Waals surface area contributed by atoms with E-state index in [1.165, 1.54) is 19.3 Å². The third-order valence-electron chi connectivity index (χ3n) is 3.97. The van der Waals surface area contributed by atoms with Crippen molar-refractivity contribution >= 4 is 17.5 Å². The highest BCUT2D eigenvalue weighted by Gasteiger charge is 2.23. The number of aryl methyl sites for hydroxylation is 1. The van der Waals surface area contributed by atoms with E-state index in [-0.39, 0.29) is 5.91 Å². The van der Waals surface area contributed by atoms with Crippen LogP contribution in [-0.4, -0.2) is 28.9 Å². The molecule has 4 heteroatoms. The molecule has 20 heavy (non-hydrogen) atoms. The number of hydrogen-bond acceptors (Lipinski definition) is 2. The first-order valence-corrected chi connectivity index (χ1v) is 7.97. The summed E-state index contributed by atoms with van der Waals surface area (Å²) in [5.74, 6) is 0.771. The van der Waals surface area contributed by atoms with Crippen LogP contribution >= 0.6 is 11.6 Å². The summed E-state index contributed by atoms with van der Waals surface area (Å²) >= 11 is 6.04. The van der Waals surface area contributed by atoms with Gasteiger partial charge in [0.25, 0.3) is 5.91 Å². The Bertz CT molecular complexity index is 472. The van der Waals surface area contributed by atoms with Crippen molar-refractivity contribution in [2.45, 2.75) is 46.0 Å². The van der Waals surface area contributed by atoms with Crippen LogP contribution in [0.15, 0.2) is 12.1 Å². The van der Waals surface area contributed by atoms with Gasteiger partial charge in [0.2, 0.25) is 0 Å². The van der Waals surface area contributed by atoms with Crippen molar-refractivity contribution in [3.8, 4) is 0 Å². The third-order valence-corrected chi connectivity index (χ3v) is 4.17. The average Bonchev–Trinajstić information content (AvgIpc) is 2.37. The Morgan fingerprint density at radius 3 is 2.70 bits per heavy atom. The normalized spacial score (nSPS) is 14.9. The van der Waals surface area contributed by atoms with Gasteiger partial charge in [-0.05, 0) is 44.2 Å². The van der Waals surface area contributed by atoms with Crippen LogP contribution in [0.5, 0.6) is 0 Å². The van der Waals surface area contributed by atoms with E-state index < -0.39 is 0 Å². The lowest BCUT2D eigenvalue weighted by Crippen LogP contribution is -2.37. The van der Waals surface area contributed by atoms with Crippen molar-refractivity contribution in [2.75, 3.05) is 13.1 Å². The lowest BCUT2D eigenvalue weighted by atomic mass is 9.85. The molecule has 0 radical (unpaired) electrons. The van der Waals surface area contributed by atoms with Crippen LogP contribution in [0.4, 0.5) is 0 Å². The van der Waals surface area contributed by atoms with Gasteiger partial charge < -0.3 is 4.90 Å². The van der Waals surface area contributed by atoms with Gasteiger partial charge in [-0.1, -0.05) is 31.4 Å². The van der Waals surface area contributed by atoms with Crippen LogP contribution in [0.1, 0.15) is 55.6 Å². The predicted octanol–water partition coefficient (Wildman–Crippen LogP) is 3.95. The SMILES string of the molecule is CCCc1cc(C(=O)N(CC)CC2CCC2)cc(Cl)n1. The second-order valence-electron chi connectivity index (χ2n) is 5.56. The lowest BCUT2D eigenvalue weighted by Gasteiger charge is -2.32. The second-order valence-corrected chi connectivity index (χ2v) is 5.95. The first-order valence-electron chi connectivity index (χ1n) is 7.59. The Balaban J connectivity index is 2.12. The summed E-state index contributed by atoms with van der Waals surface area (Å²) in [5, 5.41) is 0.416. The van der Waals surface area contributed by atoms with E-state index in [2.05, 4.69) is 11.9 Å². The van der Waals surface area contributed by atoms with Crippen molar-refractivity contribution in [2.24, 2.45) is 5.92 Å². The Kier molecular flexibility index (Phi) is 5.41. The third kappa shape index (κ3) is 3.72. The zero-order valence-electron chi connectivity index (χ0n) is 12.4. The highest BCUT2D eigenvalue weighted by Crippen LogP contribution is 2.27. The van der Waals surface area contributed by atoms with Crippen molar-refractivity contribution < 1.29 is 4.79 Å². The molecule has 1 saturated carbocycles. The largest absolute Gasteiger partial charge is 0.339 e. The average molecular weight is 295 g/mol. The first-order chi connectivity index (χ1) is 9.63. The number of pyridine rings is 1. The number of nitrogens with zero attached hydrogens (tertiary/aromatic N) is 2. The molecule has 1 aromatic heterocycles. The molecule has 0 spiro atoms. The van der Waals surface area contributed by atoms with E-state index >= 15 is 0 Å². The van der Waals surface area contributed by atoms with Gasteiger partial charge in [-0.2, -0.15) is 0 Å². The molecule has 1 aliphatic carbocycles. The molecule has 110 valence electrons. The number of aromatic nitrogens is 1. The van der Waals surface area contributed by atoms with Gasteiger partial charge in [-0.3, -0.25) is 4.79 Å². The van der Waals surface area contributed by atoms with Gasteiger partial charge in [-0.15, -0.1) is 0 Å². The summed E-state index contributed by atoms with van der Waals surface area (Å²) < 4.78 is 0. The lowest BCUT2D eigenvalue weighted by molar-refractivity contribution is 0.0706. The number of carbonyl (C=O) groups excluding carboxylic acids is 1. The summed E-state index contributed by atoms with van der Waals surface area (Å²) in [4.78, 5) is 18.8. The predicted molar refractivity (Wildman–Crippen MR) is 82.2 cm³/mol. The second kappa shape index (κ2) is 7.07. The van der Waals surface area contributed by atoms with Crippen LogP contribution in [-0.2, 0) is 6.42 Å². The Morgan fingerprint density at radius 1 is 1.40 bits per heavy atom. The summed E-state index contributed by atoms with van der Waals surface area (Å²) in [6, 6.07) is 3.58. The molecule has 0 bridgehead atoms. The van der Waals surface area contributed by atoms with E-state index in [1.807, 2.05) is 17.9 Å². The molecule has 1 aliphatic rings. The fourth-order valence-electron chi connectivity index (χ4n) is 2.58. The zero-order valence-corrected chi connectivity index (χ0v) is 13.1. The minimum absolute atomic E-state index is 0.0843. The van der Waals surface area contributed by atoms with Crippen LogP contribution in [0.25, 0.3) is 0 Å². The monoisotopic (exact) mass is 294 g/mol. The Labute approximate surface area is 126 Å². The maximum absolute atomic E-state index is 12.6. The summed E-state index contributed by atoms with van der Waals surface area (Å²) in [6.07, 6.45) is 5.66. The van der Waals surface area contributed by atoms with Crippen molar-refractivity contribution in [3.05, 3.63) is 28.5 Å². The van der Waals surface area contributed by atoms with Crippen molar-refractivity contribution in [3.63, 3.8) is 0 Å². The summed E-state index contributed by atoms with van der Waals surface area (Å²) in [5.41, 5.74) is 1.58. The van der Waals surface area contributed by atoms with Gasteiger partial charge in [0, 0.05) is 24.3 Å². The highest BCUT2D eigenvalue weighted by molar-refractivity contribution is 6.29. The summed E-state index contributed by atoms with van der Waals surface area (Å²) in [6.45, 7) is 5.75. The molecule has 1 heterocycles. The van der Waals surface area contributed by atoms with Crippen molar-refractivity contribution in [1.82, 2.24) is 9.88 Å². The fourth-order valence-corrected chi connectivity index (χ4v) is 2.81. The maximum Gasteiger partial charge on any atom is 0.254 e. The van der Waals surface area contributed by atoms with E-state index in [0.717, 1.165) is 31.6 Å². The van der Waals surface area contributed by atoms with Gasteiger partial charge in [0.1, 0.15) is 5.15 Å². The van der Waals surface area contributed by atoms with Gasteiger partial charge >= 0.3 is 0 Å². The fraction of sp³-hybridized carbons (Fsp3) is 0.625. The minimum atomic E-state index is 0.0843. The molecule has 1 aromatic rings. The Hall–Kier alpha value is -1.09. The molecular weight excluding hydrogens is 272 g/mol. The molecule has 0 aromatic carbocycles. The van der Waals surface area contributed by atoms with E-state index in [1.54, 1.807) is 6.07 Å². The van der Waals surface area contributed by atoms with Crippen molar-refractivity contribution in [1.29, 1.82) is 0 Å². The number of carbonyl (C=O) groups is 1. The number of amides is 1. The maximum atomic E-state index is 12.6. The molecule has 0 atom stereocenters. The molecule has 0 unspecified atom stereocenters. The quantitative estimate of drug-likeness (QED) is 0.744. The van der Waals surface area contributed by atoms with Crippen LogP contribution in [0.2, 0.25) is 5.15 Å². The molecule has 1 amide bonds. The zero-order chi connectivity index (χ0) is 14.5. The molecule has 0 saturated heterocycles. The van der Waals surface area contributed by atoms with Crippen LogP contribution in [0.3, 0.4) is 0 Å². The van der Waals surface area contributed by atoms with E-state index in [4.69, 9.17) is 11.6 Å². The topological polar surface area (TPSA) is 33.2 Å². The molecule has 2 rings (SSSR count). The number of halogens is 1. The molecule has 0 aliphatic heterocycles. The van der Waals surface area contributed by atoms with Gasteiger partial charge in [0.15, 0.2) is 0 Å². The molecule has 1 fully saturated rings. The van der Waals surface area contributed by atoms with Crippen LogP contribution < -0.4 is 0 Å². The van der Waals surface area contributed by atoms with Gasteiger partial charge in [-0.25, -0.2) is 4.98 Å². The molecule has 3 nitrogen and oxygen atoms in total. The van der Waals surface area contributed by atoms with Crippen LogP contribution in [0, 0.1) is 5.92 Å². The minimum Gasteiger partial charge on any atom is -0.339 e. The van der Waals surface area contributed by atoms with E-state index in [9.17, 15) is 4.79 Å².